The number of furan rings is 1. The molecule has 1 atom stereocenters. The Morgan fingerprint density at radius 3 is 2.55 bits per heavy atom. The van der Waals surface area contributed by atoms with Gasteiger partial charge in [-0.25, -0.2) is 4.39 Å². The fourth-order valence-electron chi connectivity index (χ4n) is 2.09. The van der Waals surface area contributed by atoms with Crippen LogP contribution in [0.2, 0.25) is 10.0 Å². The maximum atomic E-state index is 13.6. The van der Waals surface area contributed by atoms with Crippen LogP contribution in [0.25, 0.3) is 11.0 Å². The fourth-order valence-corrected chi connectivity index (χ4v) is 2.59. The number of rotatable bonds is 2. The van der Waals surface area contributed by atoms with E-state index in [4.69, 9.17) is 33.4 Å². The Morgan fingerprint density at radius 2 is 1.80 bits per heavy atom. The lowest BCUT2D eigenvalue weighted by molar-refractivity contribution is 0.523. The van der Waals surface area contributed by atoms with E-state index in [9.17, 15) is 4.39 Å². The van der Waals surface area contributed by atoms with E-state index in [2.05, 4.69) is 0 Å². The van der Waals surface area contributed by atoms with E-state index in [1.807, 2.05) is 30.3 Å². The third kappa shape index (κ3) is 2.29. The van der Waals surface area contributed by atoms with Crippen LogP contribution in [0.4, 0.5) is 4.39 Å². The summed E-state index contributed by atoms with van der Waals surface area (Å²) < 4.78 is 19.2. The molecule has 2 aromatic carbocycles. The Balaban J connectivity index is 2.07. The minimum absolute atomic E-state index is 0.0319. The molecule has 20 heavy (non-hydrogen) atoms. The molecule has 5 heteroatoms. The number of hydrogen-bond acceptors (Lipinski definition) is 2. The molecule has 0 aliphatic rings. The van der Waals surface area contributed by atoms with Gasteiger partial charge in [0, 0.05) is 10.4 Å². The van der Waals surface area contributed by atoms with Crippen LogP contribution in [-0.2, 0) is 0 Å². The summed E-state index contributed by atoms with van der Waals surface area (Å²) in [6, 6.07) is 11.3. The van der Waals surface area contributed by atoms with E-state index >= 15 is 0 Å². The highest BCUT2D eigenvalue weighted by atomic mass is 35.5. The summed E-state index contributed by atoms with van der Waals surface area (Å²) in [7, 11) is 0. The average molecular weight is 310 g/mol. The summed E-state index contributed by atoms with van der Waals surface area (Å²) in [6.45, 7) is 0. The quantitative estimate of drug-likeness (QED) is 0.682. The van der Waals surface area contributed by atoms with Crippen molar-refractivity contribution in [3.8, 4) is 0 Å². The number of nitrogens with two attached hydrogens (primary N) is 1. The van der Waals surface area contributed by atoms with E-state index in [-0.39, 0.29) is 5.02 Å². The summed E-state index contributed by atoms with van der Waals surface area (Å²) in [5.41, 5.74) is 7.28. The molecule has 0 saturated carbocycles. The summed E-state index contributed by atoms with van der Waals surface area (Å²) >= 11 is 11.7. The van der Waals surface area contributed by atoms with E-state index in [1.54, 1.807) is 0 Å². The number of halogens is 3. The second-order valence-corrected chi connectivity index (χ2v) is 5.27. The van der Waals surface area contributed by atoms with Crippen LogP contribution in [0, 0.1) is 5.82 Å². The first kappa shape index (κ1) is 13.4. The van der Waals surface area contributed by atoms with E-state index in [0.29, 0.717) is 16.3 Å². The molecule has 0 saturated heterocycles. The van der Waals surface area contributed by atoms with Gasteiger partial charge >= 0.3 is 0 Å². The molecule has 3 aromatic rings. The monoisotopic (exact) mass is 309 g/mol. The van der Waals surface area contributed by atoms with Crippen molar-refractivity contribution in [3.05, 3.63) is 69.7 Å². The highest BCUT2D eigenvalue weighted by Gasteiger charge is 2.19. The first-order chi connectivity index (χ1) is 9.56. The smallest absolute Gasteiger partial charge is 0.142 e. The van der Waals surface area contributed by atoms with Crippen molar-refractivity contribution < 1.29 is 8.81 Å². The van der Waals surface area contributed by atoms with Crippen LogP contribution in [0.1, 0.15) is 17.4 Å². The SMILES string of the molecule is NC(c1cc2ccccc2o1)c1cc(F)c(Cl)cc1Cl. The van der Waals surface area contributed by atoms with Gasteiger partial charge in [-0.2, -0.15) is 0 Å². The zero-order valence-corrected chi connectivity index (χ0v) is 11.8. The molecule has 1 unspecified atom stereocenters. The predicted molar refractivity (Wildman–Crippen MR) is 78.7 cm³/mol. The first-order valence-corrected chi connectivity index (χ1v) is 6.70. The van der Waals surface area contributed by atoms with Gasteiger partial charge in [0.1, 0.15) is 17.2 Å². The Kier molecular flexibility index (Phi) is 3.42. The lowest BCUT2D eigenvalue weighted by Crippen LogP contribution is -2.12. The van der Waals surface area contributed by atoms with Crippen LogP contribution in [0.5, 0.6) is 0 Å². The Morgan fingerprint density at radius 1 is 1.05 bits per heavy atom. The first-order valence-electron chi connectivity index (χ1n) is 5.95. The highest BCUT2D eigenvalue weighted by molar-refractivity contribution is 6.35. The van der Waals surface area contributed by atoms with Crippen molar-refractivity contribution in [1.29, 1.82) is 0 Å². The Labute approximate surface area is 124 Å². The number of hydrogen-bond donors (Lipinski definition) is 1. The predicted octanol–water partition coefficient (Wildman–Crippen LogP) is 4.93. The molecule has 0 radical (unpaired) electrons. The molecular weight excluding hydrogens is 300 g/mol. The minimum atomic E-state index is -0.651. The van der Waals surface area contributed by atoms with Crippen LogP contribution in [-0.4, -0.2) is 0 Å². The number of fused-ring (bicyclic) bond motifs is 1. The molecular formula is C15H10Cl2FNO. The largest absolute Gasteiger partial charge is 0.459 e. The number of para-hydroxylation sites is 1. The van der Waals surface area contributed by atoms with Crippen molar-refractivity contribution in [2.24, 2.45) is 5.73 Å². The summed E-state index contributed by atoms with van der Waals surface area (Å²) in [5.74, 6) is -0.0348. The van der Waals surface area contributed by atoms with Crippen molar-refractivity contribution in [1.82, 2.24) is 0 Å². The Bertz CT molecular complexity index is 752. The molecule has 0 spiro atoms. The fraction of sp³-hybridized carbons (Fsp3) is 0.0667. The molecule has 3 rings (SSSR count). The van der Waals surface area contributed by atoms with Crippen LogP contribution >= 0.6 is 23.2 Å². The van der Waals surface area contributed by atoms with Gasteiger partial charge in [0.25, 0.3) is 0 Å². The lowest BCUT2D eigenvalue weighted by Gasteiger charge is -2.11. The molecule has 0 aliphatic carbocycles. The van der Waals surface area contributed by atoms with Crippen molar-refractivity contribution >= 4 is 34.2 Å². The van der Waals surface area contributed by atoms with Gasteiger partial charge < -0.3 is 10.2 Å². The lowest BCUT2D eigenvalue weighted by atomic mass is 10.0. The van der Waals surface area contributed by atoms with Crippen molar-refractivity contribution in [2.45, 2.75) is 6.04 Å². The number of benzene rings is 2. The molecule has 0 bridgehead atoms. The van der Waals surface area contributed by atoms with Crippen LogP contribution in [0.3, 0.4) is 0 Å². The minimum Gasteiger partial charge on any atom is -0.459 e. The van der Waals surface area contributed by atoms with Crippen LogP contribution in [0.15, 0.2) is 46.9 Å². The average Bonchev–Trinajstić information content (AvgIpc) is 2.86. The van der Waals surface area contributed by atoms with Gasteiger partial charge in [-0.15, -0.1) is 0 Å². The summed E-state index contributed by atoms with van der Waals surface area (Å²) in [5, 5.41) is 1.21. The van der Waals surface area contributed by atoms with E-state index in [0.717, 1.165) is 11.0 Å². The normalized spacial score (nSPS) is 12.8. The molecule has 1 aromatic heterocycles. The van der Waals surface area contributed by atoms with Gasteiger partial charge in [0.15, 0.2) is 0 Å². The van der Waals surface area contributed by atoms with E-state index < -0.39 is 11.9 Å². The third-order valence-corrected chi connectivity index (χ3v) is 3.74. The molecule has 0 amide bonds. The maximum Gasteiger partial charge on any atom is 0.142 e. The van der Waals surface area contributed by atoms with E-state index in [1.165, 1.54) is 12.1 Å². The standard InChI is InChI=1S/C15H10Cl2FNO/c16-10-7-11(17)12(18)6-9(10)15(19)14-5-8-3-1-2-4-13(8)20-14/h1-7,15H,19H2. The molecule has 102 valence electrons. The zero-order valence-electron chi connectivity index (χ0n) is 10.2. The topological polar surface area (TPSA) is 39.2 Å². The molecule has 1 heterocycles. The second-order valence-electron chi connectivity index (χ2n) is 4.45. The van der Waals surface area contributed by atoms with Gasteiger partial charge in [0.05, 0.1) is 11.1 Å². The summed E-state index contributed by atoms with van der Waals surface area (Å²) in [6.07, 6.45) is 0. The molecule has 2 nitrogen and oxygen atoms in total. The molecule has 2 N–H and O–H groups in total. The Hall–Kier alpha value is -1.55. The van der Waals surface area contributed by atoms with Crippen LogP contribution < -0.4 is 5.73 Å². The second kappa shape index (κ2) is 5.09. The molecule has 0 aliphatic heterocycles. The maximum absolute atomic E-state index is 13.6. The zero-order chi connectivity index (χ0) is 14.3. The highest BCUT2D eigenvalue weighted by Crippen LogP contribution is 2.33. The summed E-state index contributed by atoms with van der Waals surface area (Å²) in [4.78, 5) is 0. The van der Waals surface area contributed by atoms with Gasteiger partial charge in [-0.3, -0.25) is 0 Å². The van der Waals surface area contributed by atoms with Crippen molar-refractivity contribution in [2.75, 3.05) is 0 Å². The van der Waals surface area contributed by atoms with Gasteiger partial charge in [-0.1, -0.05) is 41.4 Å². The third-order valence-electron chi connectivity index (χ3n) is 3.13. The van der Waals surface area contributed by atoms with Gasteiger partial charge in [0.2, 0.25) is 0 Å². The van der Waals surface area contributed by atoms with Crippen molar-refractivity contribution in [3.63, 3.8) is 0 Å². The van der Waals surface area contributed by atoms with Gasteiger partial charge in [-0.05, 0) is 29.8 Å². The molecule has 0 fully saturated rings.